The van der Waals surface area contributed by atoms with Crippen LogP contribution < -0.4 is 10.2 Å². The van der Waals surface area contributed by atoms with Crippen molar-refractivity contribution >= 4 is 17.6 Å². The van der Waals surface area contributed by atoms with Crippen molar-refractivity contribution in [3.63, 3.8) is 0 Å². The minimum Gasteiger partial charge on any atom is -0.376 e. The van der Waals surface area contributed by atoms with E-state index in [9.17, 15) is 4.79 Å². The second kappa shape index (κ2) is 10.3. The first-order chi connectivity index (χ1) is 13.6. The highest BCUT2D eigenvalue weighted by molar-refractivity contribution is 5.85. The Morgan fingerprint density at radius 3 is 2.57 bits per heavy atom. The van der Waals surface area contributed by atoms with Crippen LogP contribution in [0.25, 0.3) is 0 Å². The van der Waals surface area contributed by atoms with E-state index in [0.717, 1.165) is 58.1 Å². The molecule has 0 bridgehead atoms. The van der Waals surface area contributed by atoms with Gasteiger partial charge in [-0.15, -0.1) is 0 Å². The van der Waals surface area contributed by atoms with Crippen LogP contribution in [0.1, 0.15) is 19.3 Å². The number of likely N-dealkylation sites (N-methyl/N-ethyl adjacent to an activating group) is 1. The summed E-state index contributed by atoms with van der Waals surface area (Å²) in [4.78, 5) is 22.9. The largest absolute Gasteiger partial charge is 0.376 e. The maximum atomic E-state index is 12.0. The minimum absolute atomic E-state index is 0.0103. The lowest BCUT2D eigenvalue weighted by atomic mass is 10.1. The zero-order chi connectivity index (χ0) is 19.8. The lowest BCUT2D eigenvalue weighted by molar-refractivity contribution is -0.127. The highest BCUT2D eigenvalue weighted by Crippen LogP contribution is 2.16. The smallest absolute Gasteiger partial charge is 0.243 e. The SMILES string of the molecule is CN(C)C(=O)CN=C(NCC1CCCCO1)N1CCN(c2ccccc2)CC1. The van der Waals surface area contributed by atoms with Crippen LogP contribution in [-0.4, -0.2) is 87.7 Å². The van der Waals surface area contributed by atoms with Gasteiger partial charge in [0.15, 0.2) is 5.96 Å². The molecule has 0 saturated carbocycles. The number of anilines is 1. The minimum atomic E-state index is 0.0103. The second-order valence-corrected chi connectivity index (χ2v) is 7.61. The third-order valence-electron chi connectivity index (χ3n) is 5.33. The van der Waals surface area contributed by atoms with Gasteiger partial charge in [-0.25, -0.2) is 4.99 Å². The van der Waals surface area contributed by atoms with Crippen LogP contribution in [0.3, 0.4) is 0 Å². The van der Waals surface area contributed by atoms with E-state index in [-0.39, 0.29) is 18.6 Å². The molecule has 2 aliphatic heterocycles. The molecule has 0 aliphatic carbocycles. The number of guanidine groups is 1. The Kier molecular flexibility index (Phi) is 7.54. The van der Waals surface area contributed by atoms with E-state index in [1.807, 2.05) is 6.07 Å². The fourth-order valence-electron chi connectivity index (χ4n) is 3.54. The number of piperazine rings is 1. The molecule has 0 radical (unpaired) electrons. The maximum absolute atomic E-state index is 12.0. The summed E-state index contributed by atoms with van der Waals surface area (Å²) in [6.07, 6.45) is 3.68. The fraction of sp³-hybridized carbons (Fsp3) is 0.619. The van der Waals surface area contributed by atoms with Gasteiger partial charge in [-0.1, -0.05) is 18.2 Å². The molecule has 7 heteroatoms. The topological polar surface area (TPSA) is 60.4 Å². The highest BCUT2D eigenvalue weighted by Gasteiger charge is 2.22. The fourth-order valence-corrected chi connectivity index (χ4v) is 3.54. The Labute approximate surface area is 168 Å². The molecule has 154 valence electrons. The molecule has 1 atom stereocenters. The summed E-state index contributed by atoms with van der Waals surface area (Å²) >= 11 is 0. The zero-order valence-corrected chi connectivity index (χ0v) is 17.1. The van der Waals surface area contributed by atoms with Crippen LogP contribution in [-0.2, 0) is 9.53 Å². The van der Waals surface area contributed by atoms with Crippen molar-refractivity contribution in [3.05, 3.63) is 30.3 Å². The van der Waals surface area contributed by atoms with E-state index in [2.05, 4.69) is 44.4 Å². The lowest BCUT2D eigenvalue weighted by Gasteiger charge is -2.38. The third kappa shape index (κ3) is 5.86. The van der Waals surface area contributed by atoms with Crippen molar-refractivity contribution in [2.45, 2.75) is 25.4 Å². The van der Waals surface area contributed by atoms with Crippen LogP contribution in [0.5, 0.6) is 0 Å². The van der Waals surface area contributed by atoms with Crippen molar-refractivity contribution in [1.29, 1.82) is 0 Å². The molecular formula is C21H33N5O2. The van der Waals surface area contributed by atoms with Crippen LogP contribution in [0, 0.1) is 0 Å². The first-order valence-corrected chi connectivity index (χ1v) is 10.3. The quantitative estimate of drug-likeness (QED) is 0.612. The molecule has 0 aromatic heterocycles. The number of amides is 1. The van der Waals surface area contributed by atoms with Gasteiger partial charge in [0.25, 0.3) is 0 Å². The summed E-state index contributed by atoms with van der Waals surface area (Å²) in [6, 6.07) is 10.5. The maximum Gasteiger partial charge on any atom is 0.243 e. The molecular weight excluding hydrogens is 354 g/mol. The first kappa shape index (κ1) is 20.5. The molecule has 1 aromatic carbocycles. The molecule has 7 nitrogen and oxygen atoms in total. The van der Waals surface area contributed by atoms with E-state index in [4.69, 9.17) is 4.74 Å². The molecule has 3 rings (SSSR count). The number of nitrogens with one attached hydrogen (secondary N) is 1. The molecule has 2 heterocycles. The summed E-state index contributed by atoms with van der Waals surface area (Å²) in [5.74, 6) is 0.827. The molecule has 2 saturated heterocycles. The van der Waals surface area contributed by atoms with Crippen molar-refractivity contribution < 1.29 is 9.53 Å². The van der Waals surface area contributed by atoms with Gasteiger partial charge in [-0.2, -0.15) is 0 Å². The van der Waals surface area contributed by atoms with Crippen molar-refractivity contribution in [2.75, 3.05) is 64.9 Å². The molecule has 2 fully saturated rings. The summed E-state index contributed by atoms with van der Waals surface area (Å²) in [7, 11) is 3.53. The average molecular weight is 388 g/mol. The van der Waals surface area contributed by atoms with Gasteiger partial charge < -0.3 is 24.8 Å². The number of nitrogens with zero attached hydrogens (tertiary/aromatic N) is 4. The Morgan fingerprint density at radius 2 is 1.93 bits per heavy atom. The third-order valence-corrected chi connectivity index (χ3v) is 5.33. The van der Waals surface area contributed by atoms with Gasteiger partial charge in [0, 0.05) is 59.1 Å². The summed E-state index contributed by atoms with van der Waals surface area (Å²) in [5, 5.41) is 3.47. The molecule has 0 spiro atoms. The normalized spacial score (nSPS) is 20.8. The number of rotatable bonds is 5. The monoisotopic (exact) mass is 387 g/mol. The number of carbonyl (C=O) groups excluding carboxylic acids is 1. The van der Waals surface area contributed by atoms with Gasteiger partial charge in [0.1, 0.15) is 6.54 Å². The first-order valence-electron chi connectivity index (χ1n) is 10.3. The van der Waals surface area contributed by atoms with Gasteiger partial charge in [0.05, 0.1) is 6.10 Å². The number of benzene rings is 1. The van der Waals surface area contributed by atoms with Gasteiger partial charge in [-0.3, -0.25) is 4.79 Å². The lowest BCUT2D eigenvalue weighted by Crippen LogP contribution is -2.54. The summed E-state index contributed by atoms with van der Waals surface area (Å²) in [6.45, 7) is 5.38. The van der Waals surface area contributed by atoms with E-state index < -0.39 is 0 Å². The number of ether oxygens (including phenoxy) is 1. The zero-order valence-electron chi connectivity index (χ0n) is 17.1. The van der Waals surface area contributed by atoms with E-state index in [1.165, 1.54) is 12.1 Å². The van der Waals surface area contributed by atoms with E-state index in [1.54, 1.807) is 19.0 Å². The predicted octanol–water partition coefficient (Wildman–Crippen LogP) is 1.41. The number of hydrogen-bond acceptors (Lipinski definition) is 4. The average Bonchev–Trinajstić information content (AvgIpc) is 2.75. The number of aliphatic imine (C=N–C) groups is 1. The summed E-state index contributed by atoms with van der Waals surface area (Å²) < 4.78 is 5.83. The van der Waals surface area contributed by atoms with Gasteiger partial charge in [0.2, 0.25) is 5.91 Å². The highest BCUT2D eigenvalue weighted by atomic mass is 16.5. The number of hydrogen-bond donors (Lipinski definition) is 1. The second-order valence-electron chi connectivity index (χ2n) is 7.61. The summed E-state index contributed by atoms with van der Waals surface area (Å²) in [5.41, 5.74) is 1.26. The van der Waals surface area contributed by atoms with Crippen LogP contribution >= 0.6 is 0 Å². The van der Waals surface area contributed by atoms with E-state index in [0.29, 0.717) is 0 Å². The Hall–Kier alpha value is -2.28. The van der Waals surface area contributed by atoms with Crippen molar-refractivity contribution in [2.24, 2.45) is 4.99 Å². The molecule has 1 N–H and O–H groups in total. The van der Waals surface area contributed by atoms with Crippen LogP contribution in [0.4, 0.5) is 5.69 Å². The molecule has 1 aromatic rings. The molecule has 1 unspecified atom stereocenters. The Balaban J connectivity index is 1.59. The van der Waals surface area contributed by atoms with Crippen molar-refractivity contribution in [3.8, 4) is 0 Å². The number of para-hydroxylation sites is 1. The molecule has 2 aliphatic rings. The molecule has 1 amide bonds. The Bertz CT molecular complexity index is 635. The van der Waals surface area contributed by atoms with Gasteiger partial charge >= 0.3 is 0 Å². The Morgan fingerprint density at radius 1 is 1.18 bits per heavy atom. The van der Waals surface area contributed by atoms with Crippen LogP contribution in [0.15, 0.2) is 35.3 Å². The molecule has 28 heavy (non-hydrogen) atoms. The van der Waals surface area contributed by atoms with Crippen LogP contribution in [0.2, 0.25) is 0 Å². The van der Waals surface area contributed by atoms with Crippen molar-refractivity contribution in [1.82, 2.24) is 15.1 Å². The van der Waals surface area contributed by atoms with E-state index >= 15 is 0 Å². The number of carbonyl (C=O) groups is 1. The van der Waals surface area contributed by atoms with Gasteiger partial charge in [-0.05, 0) is 31.4 Å². The predicted molar refractivity (Wildman–Crippen MR) is 113 cm³/mol. The standard InChI is InChI=1S/C21H33N5O2/c1-24(2)20(27)17-23-21(22-16-19-10-6-7-15-28-19)26-13-11-25(12-14-26)18-8-4-3-5-9-18/h3-5,8-9,19H,6-7,10-17H2,1-2H3,(H,22,23).